The predicted molar refractivity (Wildman–Crippen MR) is 65.1 cm³/mol. The van der Waals surface area contributed by atoms with Crippen LogP contribution in [0.25, 0.3) is 0 Å². The van der Waals surface area contributed by atoms with Gasteiger partial charge in [0.25, 0.3) is 0 Å². The van der Waals surface area contributed by atoms with Crippen LogP contribution in [0.15, 0.2) is 0 Å². The molecule has 0 aromatic rings. The Morgan fingerprint density at radius 3 is 2.67 bits per heavy atom. The SMILES string of the molecule is O=C(CCBr)N1CCC2CCCCC2C1. The molecule has 86 valence electrons. The normalized spacial score (nSPS) is 31.1. The zero-order valence-corrected chi connectivity index (χ0v) is 10.8. The molecule has 1 saturated carbocycles. The summed E-state index contributed by atoms with van der Waals surface area (Å²) in [4.78, 5) is 13.9. The molecule has 0 spiro atoms. The Kier molecular flexibility index (Phi) is 4.06. The average Bonchev–Trinajstić information content (AvgIpc) is 2.29. The van der Waals surface area contributed by atoms with Crippen LogP contribution in [-0.2, 0) is 4.79 Å². The second-order valence-electron chi connectivity index (χ2n) is 4.87. The molecular formula is C12H20BrNO. The zero-order valence-electron chi connectivity index (χ0n) is 9.25. The number of hydrogen-bond donors (Lipinski definition) is 0. The standard InChI is InChI=1S/C12H20BrNO/c13-7-5-12(15)14-8-6-10-3-1-2-4-11(10)9-14/h10-11H,1-9H2. The molecule has 1 saturated heterocycles. The van der Waals surface area contributed by atoms with E-state index in [4.69, 9.17) is 0 Å². The highest BCUT2D eigenvalue weighted by molar-refractivity contribution is 9.09. The number of hydrogen-bond acceptors (Lipinski definition) is 1. The Morgan fingerprint density at radius 1 is 1.20 bits per heavy atom. The molecule has 2 unspecified atom stereocenters. The molecule has 2 aliphatic rings. The van der Waals surface area contributed by atoms with E-state index in [9.17, 15) is 4.79 Å². The maximum Gasteiger partial charge on any atom is 0.223 e. The minimum atomic E-state index is 0.343. The second kappa shape index (κ2) is 5.33. The summed E-state index contributed by atoms with van der Waals surface area (Å²) in [5, 5.41) is 0.802. The lowest BCUT2D eigenvalue weighted by Gasteiger charge is -2.41. The van der Waals surface area contributed by atoms with Crippen LogP contribution in [0, 0.1) is 11.8 Å². The number of nitrogens with zero attached hydrogens (tertiary/aromatic N) is 1. The minimum absolute atomic E-state index is 0.343. The summed E-state index contributed by atoms with van der Waals surface area (Å²) in [5.74, 6) is 2.08. The van der Waals surface area contributed by atoms with Gasteiger partial charge in [0.15, 0.2) is 0 Å². The third-order valence-electron chi connectivity index (χ3n) is 3.95. The molecule has 0 N–H and O–H groups in total. The van der Waals surface area contributed by atoms with E-state index in [0.29, 0.717) is 12.3 Å². The van der Waals surface area contributed by atoms with Crippen molar-refractivity contribution in [2.45, 2.75) is 38.5 Å². The molecule has 3 heteroatoms. The average molecular weight is 274 g/mol. The molecule has 15 heavy (non-hydrogen) atoms. The fourth-order valence-electron chi connectivity index (χ4n) is 3.07. The smallest absolute Gasteiger partial charge is 0.223 e. The van der Waals surface area contributed by atoms with Crippen molar-refractivity contribution in [3.05, 3.63) is 0 Å². The zero-order chi connectivity index (χ0) is 10.7. The number of rotatable bonds is 2. The van der Waals surface area contributed by atoms with E-state index in [1.54, 1.807) is 0 Å². The van der Waals surface area contributed by atoms with Crippen LogP contribution in [0.1, 0.15) is 38.5 Å². The number of carbonyl (C=O) groups is 1. The molecule has 1 amide bonds. The van der Waals surface area contributed by atoms with Gasteiger partial charge in [-0.3, -0.25) is 4.79 Å². The van der Waals surface area contributed by atoms with E-state index in [1.807, 2.05) is 0 Å². The minimum Gasteiger partial charge on any atom is -0.342 e. The third-order valence-corrected chi connectivity index (χ3v) is 4.35. The molecule has 2 fully saturated rings. The lowest BCUT2D eigenvalue weighted by molar-refractivity contribution is -0.133. The van der Waals surface area contributed by atoms with Crippen molar-refractivity contribution in [1.29, 1.82) is 0 Å². The van der Waals surface area contributed by atoms with Crippen LogP contribution >= 0.6 is 15.9 Å². The van der Waals surface area contributed by atoms with Crippen LogP contribution < -0.4 is 0 Å². The first-order chi connectivity index (χ1) is 7.31. The molecule has 0 radical (unpaired) electrons. The molecule has 1 heterocycles. The van der Waals surface area contributed by atoms with Crippen molar-refractivity contribution in [3.63, 3.8) is 0 Å². The molecule has 1 aliphatic carbocycles. The summed E-state index contributed by atoms with van der Waals surface area (Å²) in [6.45, 7) is 2.05. The first-order valence-corrected chi connectivity index (χ1v) is 7.27. The predicted octanol–water partition coefficient (Wildman–Crippen LogP) is 2.81. The van der Waals surface area contributed by atoms with Gasteiger partial charge in [-0.2, -0.15) is 0 Å². The third kappa shape index (κ3) is 2.74. The van der Waals surface area contributed by atoms with Crippen molar-refractivity contribution in [1.82, 2.24) is 4.90 Å². The van der Waals surface area contributed by atoms with Gasteiger partial charge in [-0.25, -0.2) is 0 Å². The summed E-state index contributed by atoms with van der Waals surface area (Å²) in [7, 11) is 0. The Balaban J connectivity index is 1.87. The number of amides is 1. The number of halogens is 1. The van der Waals surface area contributed by atoms with Gasteiger partial charge in [-0.05, 0) is 24.7 Å². The van der Waals surface area contributed by atoms with Crippen LogP contribution in [0.2, 0.25) is 0 Å². The Labute approximate surface area is 101 Å². The fourth-order valence-corrected chi connectivity index (χ4v) is 3.41. The number of fused-ring (bicyclic) bond motifs is 1. The molecule has 0 bridgehead atoms. The van der Waals surface area contributed by atoms with Crippen LogP contribution in [0.5, 0.6) is 0 Å². The van der Waals surface area contributed by atoms with Crippen LogP contribution in [0.3, 0.4) is 0 Å². The highest BCUT2D eigenvalue weighted by atomic mass is 79.9. The topological polar surface area (TPSA) is 20.3 Å². The van der Waals surface area contributed by atoms with Crippen molar-refractivity contribution >= 4 is 21.8 Å². The van der Waals surface area contributed by atoms with Gasteiger partial charge in [0.05, 0.1) is 0 Å². The summed E-state index contributed by atoms with van der Waals surface area (Å²) in [6, 6.07) is 0. The lowest BCUT2D eigenvalue weighted by atomic mass is 9.75. The molecule has 0 aromatic heterocycles. The van der Waals surface area contributed by atoms with Crippen molar-refractivity contribution < 1.29 is 4.79 Å². The van der Waals surface area contributed by atoms with Gasteiger partial charge >= 0.3 is 0 Å². The Bertz CT molecular complexity index is 232. The largest absolute Gasteiger partial charge is 0.342 e. The van der Waals surface area contributed by atoms with E-state index in [2.05, 4.69) is 20.8 Å². The summed E-state index contributed by atoms with van der Waals surface area (Å²) in [5.41, 5.74) is 0. The summed E-state index contributed by atoms with van der Waals surface area (Å²) < 4.78 is 0. The van der Waals surface area contributed by atoms with Gasteiger partial charge in [0, 0.05) is 24.8 Å². The molecule has 2 atom stereocenters. The maximum absolute atomic E-state index is 11.8. The Hall–Kier alpha value is -0.0500. The fraction of sp³-hybridized carbons (Fsp3) is 0.917. The monoisotopic (exact) mass is 273 g/mol. The van der Waals surface area contributed by atoms with Crippen LogP contribution in [-0.4, -0.2) is 29.2 Å². The van der Waals surface area contributed by atoms with Crippen molar-refractivity contribution in [3.8, 4) is 0 Å². The highest BCUT2D eigenvalue weighted by Gasteiger charge is 2.32. The van der Waals surface area contributed by atoms with E-state index >= 15 is 0 Å². The summed E-state index contributed by atoms with van der Waals surface area (Å²) >= 11 is 3.34. The molecule has 1 aliphatic heterocycles. The van der Waals surface area contributed by atoms with E-state index in [1.165, 1.54) is 32.1 Å². The molecule has 2 rings (SSSR count). The van der Waals surface area contributed by atoms with Gasteiger partial charge < -0.3 is 4.90 Å². The lowest BCUT2D eigenvalue weighted by Crippen LogP contribution is -2.44. The number of piperidine rings is 1. The number of alkyl halides is 1. The first kappa shape index (κ1) is 11.4. The van der Waals surface area contributed by atoms with Crippen LogP contribution in [0.4, 0.5) is 0 Å². The first-order valence-electron chi connectivity index (χ1n) is 6.15. The quantitative estimate of drug-likeness (QED) is 0.709. The Morgan fingerprint density at radius 2 is 1.93 bits per heavy atom. The maximum atomic E-state index is 11.8. The highest BCUT2D eigenvalue weighted by Crippen LogP contribution is 2.36. The second-order valence-corrected chi connectivity index (χ2v) is 5.67. The van der Waals surface area contributed by atoms with Crippen molar-refractivity contribution in [2.24, 2.45) is 11.8 Å². The van der Waals surface area contributed by atoms with E-state index < -0.39 is 0 Å². The molecule has 2 nitrogen and oxygen atoms in total. The van der Waals surface area contributed by atoms with Crippen molar-refractivity contribution in [2.75, 3.05) is 18.4 Å². The summed E-state index contributed by atoms with van der Waals surface area (Å²) in [6.07, 6.45) is 7.46. The number of likely N-dealkylation sites (tertiary alicyclic amines) is 1. The van der Waals surface area contributed by atoms with E-state index in [0.717, 1.165) is 30.3 Å². The molecular weight excluding hydrogens is 254 g/mol. The van der Waals surface area contributed by atoms with Gasteiger partial charge in [0.1, 0.15) is 0 Å². The van der Waals surface area contributed by atoms with Gasteiger partial charge in [-0.15, -0.1) is 0 Å². The van der Waals surface area contributed by atoms with Gasteiger partial charge in [0.2, 0.25) is 5.91 Å². The van der Waals surface area contributed by atoms with E-state index in [-0.39, 0.29) is 0 Å². The number of carbonyl (C=O) groups excluding carboxylic acids is 1. The van der Waals surface area contributed by atoms with Gasteiger partial charge in [-0.1, -0.05) is 35.2 Å². The molecule has 0 aromatic carbocycles.